The zero-order chi connectivity index (χ0) is 20.3. The molecule has 28 heavy (non-hydrogen) atoms. The average Bonchev–Trinajstić information content (AvgIpc) is 2.93. The smallest absolute Gasteiger partial charge is 0.273 e. The van der Waals surface area contributed by atoms with Crippen molar-refractivity contribution in [3.05, 3.63) is 76.4 Å². The summed E-state index contributed by atoms with van der Waals surface area (Å²) in [7, 11) is 1.63. The Morgan fingerprint density at radius 2 is 1.96 bits per heavy atom. The molecule has 0 atom stereocenters. The summed E-state index contributed by atoms with van der Waals surface area (Å²) in [6.07, 6.45) is 1.22. The zero-order valence-electron chi connectivity index (χ0n) is 15.3. The topological polar surface area (TPSA) is 93.0 Å². The van der Waals surface area contributed by atoms with Gasteiger partial charge in [-0.05, 0) is 36.4 Å². The molecule has 1 aliphatic rings. The van der Waals surface area contributed by atoms with E-state index >= 15 is 0 Å². The van der Waals surface area contributed by atoms with E-state index in [1.54, 1.807) is 42.3 Å². The van der Waals surface area contributed by atoms with Crippen LogP contribution in [0.1, 0.15) is 15.9 Å². The molecule has 0 fully saturated rings. The minimum absolute atomic E-state index is 0.0488. The normalized spacial score (nSPS) is 13.0. The Hall–Kier alpha value is -3.68. The van der Waals surface area contributed by atoms with Gasteiger partial charge in [0.2, 0.25) is 5.91 Å². The first kappa shape index (κ1) is 19.1. The Kier molecular flexibility index (Phi) is 5.39. The molecule has 0 N–H and O–H groups in total. The maximum atomic E-state index is 12.9. The van der Waals surface area contributed by atoms with Crippen LogP contribution in [-0.4, -0.2) is 41.8 Å². The van der Waals surface area contributed by atoms with Crippen LogP contribution in [0.2, 0.25) is 0 Å². The van der Waals surface area contributed by atoms with Crippen molar-refractivity contribution in [3.63, 3.8) is 0 Å². The average molecular weight is 381 g/mol. The van der Waals surface area contributed by atoms with Crippen molar-refractivity contribution in [2.75, 3.05) is 25.1 Å². The minimum atomic E-state index is -0.479. The molecule has 0 bridgehead atoms. The lowest BCUT2D eigenvalue weighted by atomic mass is 10.1. The Morgan fingerprint density at radius 3 is 2.61 bits per heavy atom. The lowest BCUT2D eigenvalue weighted by molar-refractivity contribution is -0.384. The van der Waals surface area contributed by atoms with Gasteiger partial charge in [0, 0.05) is 36.5 Å². The second kappa shape index (κ2) is 7.91. The molecule has 2 amide bonds. The van der Waals surface area contributed by atoms with Crippen molar-refractivity contribution in [2.45, 2.75) is 6.54 Å². The summed E-state index contributed by atoms with van der Waals surface area (Å²) in [5, 5.41) is 10.9. The largest absolute Gasteiger partial charge is 0.491 e. The van der Waals surface area contributed by atoms with E-state index in [1.807, 2.05) is 0 Å². The van der Waals surface area contributed by atoms with E-state index in [9.17, 15) is 19.7 Å². The maximum absolute atomic E-state index is 12.9. The molecular weight excluding hydrogens is 362 g/mol. The van der Waals surface area contributed by atoms with Crippen molar-refractivity contribution in [2.24, 2.45) is 0 Å². The number of carbonyl (C=O) groups is 2. The number of rotatable bonds is 4. The molecule has 0 saturated heterocycles. The van der Waals surface area contributed by atoms with Gasteiger partial charge in [0.15, 0.2) is 0 Å². The lowest BCUT2D eigenvalue weighted by Crippen LogP contribution is -2.32. The fourth-order valence-corrected chi connectivity index (χ4v) is 2.92. The monoisotopic (exact) mass is 381 g/mol. The number of fused-ring (bicyclic) bond motifs is 1. The molecule has 8 nitrogen and oxygen atoms in total. The van der Waals surface area contributed by atoms with Crippen LogP contribution < -0.4 is 9.64 Å². The molecule has 8 heteroatoms. The summed E-state index contributed by atoms with van der Waals surface area (Å²) in [6.45, 7) is 4.35. The van der Waals surface area contributed by atoms with Gasteiger partial charge in [-0.2, -0.15) is 0 Å². The van der Waals surface area contributed by atoms with E-state index in [-0.39, 0.29) is 24.1 Å². The number of carbonyl (C=O) groups excluding carboxylic acids is 2. The first-order valence-corrected chi connectivity index (χ1v) is 8.60. The van der Waals surface area contributed by atoms with Gasteiger partial charge in [0.05, 0.1) is 17.5 Å². The number of likely N-dealkylation sites (N-methyl/N-ethyl adjacent to an activating group) is 1. The Morgan fingerprint density at radius 1 is 1.25 bits per heavy atom. The van der Waals surface area contributed by atoms with Crippen LogP contribution in [0.15, 0.2) is 55.1 Å². The SMILES string of the molecule is C=CC(=O)N(C)c1ccc(C(=O)N2CCOc3cc([N+](=O)[O-])ccc3C2)cc1. The highest BCUT2D eigenvalue weighted by Crippen LogP contribution is 2.28. The van der Waals surface area contributed by atoms with E-state index in [2.05, 4.69) is 6.58 Å². The molecule has 0 aliphatic carbocycles. The Bertz CT molecular complexity index is 939. The summed E-state index contributed by atoms with van der Waals surface area (Å²) in [5.41, 5.74) is 1.79. The first-order valence-electron chi connectivity index (χ1n) is 8.60. The Balaban J connectivity index is 1.78. The summed E-state index contributed by atoms with van der Waals surface area (Å²) < 4.78 is 5.59. The minimum Gasteiger partial charge on any atom is -0.491 e. The summed E-state index contributed by atoms with van der Waals surface area (Å²) >= 11 is 0. The second-order valence-electron chi connectivity index (χ2n) is 6.27. The highest BCUT2D eigenvalue weighted by atomic mass is 16.6. The Labute approximate surface area is 161 Å². The van der Waals surface area contributed by atoms with Crippen LogP contribution in [0.5, 0.6) is 5.75 Å². The number of anilines is 1. The van der Waals surface area contributed by atoms with Gasteiger partial charge in [0.25, 0.3) is 11.6 Å². The summed E-state index contributed by atoms with van der Waals surface area (Å²) in [4.78, 5) is 38.1. The molecular formula is C20H19N3O5. The predicted molar refractivity (Wildman–Crippen MR) is 103 cm³/mol. The number of non-ortho nitro benzene ring substituents is 1. The number of nitro groups is 1. The molecule has 0 saturated carbocycles. The van der Waals surface area contributed by atoms with Crippen LogP contribution in [-0.2, 0) is 11.3 Å². The molecule has 144 valence electrons. The number of nitrogens with zero attached hydrogens (tertiary/aromatic N) is 3. The van der Waals surface area contributed by atoms with E-state index in [4.69, 9.17) is 4.74 Å². The van der Waals surface area contributed by atoms with E-state index < -0.39 is 4.92 Å². The standard InChI is InChI=1S/C20H19N3O5/c1-3-19(24)21(2)16-7-4-14(5-8-16)20(25)22-10-11-28-18-12-17(23(26)27)9-6-15(18)13-22/h3-9,12H,1,10-11,13H2,2H3. The van der Waals surface area contributed by atoms with Gasteiger partial charge >= 0.3 is 0 Å². The molecule has 0 unspecified atom stereocenters. The molecule has 0 aromatic heterocycles. The number of benzene rings is 2. The molecule has 3 rings (SSSR count). The number of hydrogen-bond acceptors (Lipinski definition) is 5. The number of hydrogen-bond donors (Lipinski definition) is 0. The molecule has 2 aromatic rings. The van der Waals surface area contributed by atoms with Gasteiger partial charge < -0.3 is 14.5 Å². The second-order valence-corrected chi connectivity index (χ2v) is 6.27. The van der Waals surface area contributed by atoms with Crippen molar-refractivity contribution < 1.29 is 19.2 Å². The van der Waals surface area contributed by atoms with E-state index in [1.165, 1.54) is 23.1 Å². The highest BCUT2D eigenvalue weighted by Gasteiger charge is 2.23. The van der Waals surface area contributed by atoms with Gasteiger partial charge in [-0.25, -0.2) is 0 Å². The fraction of sp³-hybridized carbons (Fsp3) is 0.200. The van der Waals surface area contributed by atoms with Gasteiger partial charge in [-0.3, -0.25) is 19.7 Å². The molecule has 1 aliphatic heterocycles. The van der Waals surface area contributed by atoms with Crippen molar-refractivity contribution in [3.8, 4) is 5.75 Å². The molecule has 0 radical (unpaired) electrons. The van der Waals surface area contributed by atoms with E-state index in [0.29, 0.717) is 35.7 Å². The van der Waals surface area contributed by atoms with Gasteiger partial charge in [0.1, 0.15) is 12.4 Å². The molecule has 0 spiro atoms. The zero-order valence-corrected chi connectivity index (χ0v) is 15.3. The van der Waals surface area contributed by atoms with Crippen molar-refractivity contribution in [1.29, 1.82) is 0 Å². The highest BCUT2D eigenvalue weighted by molar-refractivity contribution is 6.01. The third kappa shape index (κ3) is 3.85. The number of nitro benzene ring substituents is 1. The third-order valence-corrected chi connectivity index (χ3v) is 4.54. The predicted octanol–water partition coefficient (Wildman–Crippen LogP) is 2.78. The fourth-order valence-electron chi connectivity index (χ4n) is 2.92. The maximum Gasteiger partial charge on any atom is 0.273 e. The number of amides is 2. The number of ether oxygens (including phenoxy) is 1. The first-order chi connectivity index (χ1) is 13.4. The third-order valence-electron chi connectivity index (χ3n) is 4.54. The van der Waals surface area contributed by atoms with Crippen LogP contribution in [0.25, 0.3) is 0 Å². The van der Waals surface area contributed by atoms with Crippen LogP contribution >= 0.6 is 0 Å². The molecule has 1 heterocycles. The summed E-state index contributed by atoms with van der Waals surface area (Å²) in [5.74, 6) is -0.00194. The lowest BCUT2D eigenvalue weighted by Gasteiger charge is -2.21. The van der Waals surface area contributed by atoms with Gasteiger partial charge in [-0.15, -0.1) is 0 Å². The van der Waals surface area contributed by atoms with Crippen molar-refractivity contribution in [1.82, 2.24) is 4.90 Å². The van der Waals surface area contributed by atoms with Crippen LogP contribution in [0, 0.1) is 10.1 Å². The van der Waals surface area contributed by atoms with Crippen LogP contribution in [0.4, 0.5) is 11.4 Å². The van der Waals surface area contributed by atoms with E-state index in [0.717, 1.165) is 0 Å². The summed E-state index contributed by atoms with van der Waals surface area (Å²) in [6, 6.07) is 11.1. The van der Waals surface area contributed by atoms with Crippen molar-refractivity contribution >= 4 is 23.2 Å². The van der Waals surface area contributed by atoms with Gasteiger partial charge in [-0.1, -0.05) is 6.58 Å². The molecule has 2 aromatic carbocycles. The quantitative estimate of drug-likeness (QED) is 0.461. The van der Waals surface area contributed by atoms with Crippen LogP contribution in [0.3, 0.4) is 0 Å².